The van der Waals surface area contributed by atoms with Crippen molar-refractivity contribution in [1.82, 2.24) is 20.7 Å². The molecular formula is C19H26N4O4. The SMILES string of the molecule is CCNC(=O)[C@@H]1C[C@H](NC(=O)c2cc(C(C)C)on2)CN1Cc1ccoc1. The van der Waals surface area contributed by atoms with Crippen LogP contribution in [-0.4, -0.2) is 47.0 Å². The first-order valence-corrected chi connectivity index (χ1v) is 9.28. The number of nitrogens with one attached hydrogen (secondary N) is 2. The van der Waals surface area contributed by atoms with Crippen LogP contribution in [0.3, 0.4) is 0 Å². The maximum absolute atomic E-state index is 12.5. The van der Waals surface area contributed by atoms with Gasteiger partial charge in [0.25, 0.3) is 5.91 Å². The predicted octanol–water partition coefficient (Wildman–Crippen LogP) is 1.90. The van der Waals surface area contributed by atoms with E-state index >= 15 is 0 Å². The highest BCUT2D eigenvalue weighted by molar-refractivity contribution is 5.92. The van der Waals surface area contributed by atoms with E-state index in [0.717, 1.165) is 5.56 Å². The van der Waals surface area contributed by atoms with Gasteiger partial charge in [0.15, 0.2) is 5.69 Å². The zero-order valence-electron chi connectivity index (χ0n) is 15.9. The molecule has 1 aliphatic heterocycles. The summed E-state index contributed by atoms with van der Waals surface area (Å²) in [5.74, 6) is 0.531. The van der Waals surface area contributed by atoms with Crippen LogP contribution in [0.2, 0.25) is 0 Å². The minimum absolute atomic E-state index is 0.0266. The first-order valence-electron chi connectivity index (χ1n) is 9.28. The number of rotatable bonds is 7. The molecule has 2 N–H and O–H groups in total. The lowest BCUT2D eigenvalue weighted by atomic mass is 10.1. The molecule has 0 radical (unpaired) electrons. The van der Waals surface area contributed by atoms with Crippen LogP contribution in [0.25, 0.3) is 0 Å². The lowest BCUT2D eigenvalue weighted by Crippen LogP contribution is -2.42. The molecule has 3 rings (SSSR count). The molecular weight excluding hydrogens is 348 g/mol. The molecule has 0 aromatic carbocycles. The molecule has 0 aliphatic carbocycles. The van der Waals surface area contributed by atoms with Crippen molar-refractivity contribution < 1.29 is 18.5 Å². The van der Waals surface area contributed by atoms with Gasteiger partial charge in [-0.3, -0.25) is 14.5 Å². The van der Waals surface area contributed by atoms with E-state index in [1.54, 1.807) is 18.6 Å². The van der Waals surface area contributed by atoms with E-state index in [1.165, 1.54) is 0 Å². The van der Waals surface area contributed by atoms with Crippen molar-refractivity contribution >= 4 is 11.8 Å². The van der Waals surface area contributed by atoms with Crippen molar-refractivity contribution in [2.24, 2.45) is 0 Å². The average Bonchev–Trinajstić information content (AvgIpc) is 3.35. The molecule has 8 heteroatoms. The van der Waals surface area contributed by atoms with Crippen LogP contribution in [0.1, 0.15) is 54.9 Å². The summed E-state index contributed by atoms with van der Waals surface area (Å²) < 4.78 is 10.3. The molecule has 2 amide bonds. The minimum atomic E-state index is -0.298. The fraction of sp³-hybridized carbons (Fsp3) is 0.526. The number of nitrogens with zero attached hydrogens (tertiary/aromatic N) is 2. The molecule has 8 nitrogen and oxygen atoms in total. The normalized spacial score (nSPS) is 20.1. The van der Waals surface area contributed by atoms with Crippen LogP contribution in [0, 0.1) is 0 Å². The number of furan rings is 1. The van der Waals surface area contributed by atoms with Gasteiger partial charge in [-0.05, 0) is 19.4 Å². The number of amides is 2. The molecule has 0 unspecified atom stereocenters. The first-order chi connectivity index (χ1) is 13.0. The maximum atomic E-state index is 12.5. The summed E-state index contributed by atoms with van der Waals surface area (Å²) >= 11 is 0. The van der Waals surface area contributed by atoms with E-state index < -0.39 is 0 Å². The Morgan fingerprint density at radius 1 is 1.41 bits per heavy atom. The van der Waals surface area contributed by atoms with Crippen LogP contribution in [0.15, 0.2) is 33.6 Å². The van der Waals surface area contributed by atoms with Crippen molar-refractivity contribution in [3.05, 3.63) is 41.7 Å². The quantitative estimate of drug-likeness (QED) is 0.768. The lowest BCUT2D eigenvalue weighted by Gasteiger charge is -2.22. The molecule has 27 heavy (non-hydrogen) atoms. The topological polar surface area (TPSA) is 101 Å². The van der Waals surface area contributed by atoms with Crippen molar-refractivity contribution in [3.63, 3.8) is 0 Å². The molecule has 3 heterocycles. The molecule has 2 aromatic heterocycles. The number of likely N-dealkylation sites (tertiary alicyclic amines) is 1. The molecule has 0 bridgehead atoms. The largest absolute Gasteiger partial charge is 0.472 e. The summed E-state index contributed by atoms with van der Waals surface area (Å²) in [6, 6.07) is 3.10. The van der Waals surface area contributed by atoms with E-state index in [4.69, 9.17) is 8.94 Å². The van der Waals surface area contributed by atoms with E-state index in [2.05, 4.69) is 20.7 Å². The van der Waals surface area contributed by atoms with Crippen molar-refractivity contribution in [1.29, 1.82) is 0 Å². The van der Waals surface area contributed by atoms with Gasteiger partial charge < -0.3 is 19.6 Å². The van der Waals surface area contributed by atoms with Gasteiger partial charge in [0.1, 0.15) is 5.76 Å². The van der Waals surface area contributed by atoms with E-state index in [0.29, 0.717) is 31.8 Å². The van der Waals surface area contributed by atoms with Gasteiger partial charge in [-0.1, -0.05) is 19.0 Å². The highest BCUT2D eigenvalue weighted by atomic mass is 16.5. The summed E-state index contributed by atoms with van der Waals surface area (Å²) in [4.78, 5) is 27.0. The Balaban J connectivity index is 1.66. The highest BCUT2D eigenvalue weighted by Crippen LogP contribution is 2.22. The summed E-state index contributed by atoms with van der Waals surface area (Å²) in [7, 11) is 0. The summed E-state index contributed by atoms with van der Waals surface area (Å²) in [5.41, 5.74) is 1.26. The first kappa shape index (κ1) is 19.2. The van der Waals surface area contributed by atoms with Gasteiger partial charge in [0.05, 0.1) is 18.6 Å². The van der Waals surface area contributed by atoms with Crippen molar-refractivity contribution in [3.8, 4) is 0 Å². The second kappa shape index (κ2) is 8.39. The van der Waals surface area contributed by atoms with Crippen molar-refractivity contribution in [2.75, 3.05) is 13.1 Å². The Kier molecular flexibility index (Phi) is 5.95. The Bertz CT molecular complexity index is 769. The molecule has 1 aliphatic rings. The minimum Gasteiger partial charge on any atom is -0.472 e. The summed E-state index contributed by atoms with van der Waals surface area (Å²) in [6.07, 6.45) is 3.83. The monoisotopic (exact) mass is 374 g/mol. The third-order valence-electron chi connectivity index (χ3n) is 4.69. The second-order valence-corrected chi connectivity index (χ2v) is 7.15. The van der Waals surface area contributed by atoms with Gasteiger partial charge in [0, 0.05) is 43.2 Å². The second-order valence-electron chi connectivity index (χ2n) is 7.15. The summed E-state index contributed by atoms with van der Waals surface area (Å²) in [5, 5.41) is 9.70. The van der Waals surface area contributed by atoms with Crippen LogP contribution in [-0.2, 0) is 11.3 Å². The number of hydrogen-bond donors (Lipinski definition) is 2. The number of carbonyl (C=O) groups excluding carboxylic acids is 2. The van der Waals surface area contributed by atoms with Crippen LogP contribution >= 0.6 is 0 Å². The molecule has 1 saturated heterocycles. The molecule has 146 valence electrons. The fourth-order valence-corrected chi connectivity index (χ4v) is 3.29. The maximum Gasteiger partial charge on any atom is 0.273 e. The van der Waals surface area contributed by atoms with Gasteiger partial charge in [-0.25, -0.2) is 0 Å². The Hall–Kier alpha value is -2.61. The number of carbonyl (C=O) groups is 2. The van der Waals surface area contributed by atoms with E-state index in [-0.39, 0.29) is 35.5 Å². The molecule has 0 saturated carbocycles. The standard InChI is InChI=1S/C19H26N4O4/c1-4-20-19(25)16-7-14(10-23(16)9-13-5-6-26-11-13)21-18(24)15-8-17(12(2)3)27-22-15/h5-6,8,11-12,14,16H,4,7,9-10H2,1-3H3,(H,20,25)(H,21,24)/t14-,16-/m0/s1. The average molecular weight is 374 g/mol. The van der Waals surface area contributed by atoms with Gasteiger partial charge >= 0.3 is 0 Å². The lowest BCUT2D eigenvalue weighted by molar-refractivity contribution is -0.125. The number of likely N-dealkylation sites (N-methyl/N-ethyl adjacent to an activating group) is 1. The third kappa shape index (κ3) is 4.57. The van der Waals surface area contributed by atoms with E-state index in [1.807, 2.05) is 26.8 Å². The van der Waals surface area contributed by atoms with Crippen LogP contribution in [0.5, 0.6) is 0 Å². The zero-order valence-corrected chi connectivity index (χ0v) is 15.9. The highest BCUT2D eigenvalue weighted by Gasteiger charge is 2.37. The van der Waals surface area contributed by atoms with Gasteiger partial charge in [0.2, 0.25) is 5.91 Å². The molecule has 0 spiro atoms. The zero-order chi connectivity index (χ0) is 19.4. The molecule has 1 fully saturated rings. The molecule has 2 atom stereocenters. The molecule has 2 aromatic rings. The smallest absolute Gasteiger partial charge is 0.273 e. The Morgan fingerprint density at radius 3 is 2.85 bits per heavy atom. The summed E-state index contributed by atoms with van der Waals surface area (Å²) in [6.45, 7) is 7.58. The Labute approximate surface area is 158 Å². The Morgan fingerprint density at radius 2 is 2.22 bits per heavy atom. The van der Waals surface area contributed by atoms with Crippen LogP contribution < -0.4 is 10.6 Å². The number of aromatic nitrogens is 1. The van der Waals surface area contributed by atoms with Crippen molar-refractivity contribution in [2.45, 2.75) is 51.7 Å². The van der Waals surface area contributed by atoms with E-state index in [9.17, 15) is 9.59 Å². The third-order valence-corrected chi connectivity index (χ3v) is 4.69. The van der Waals surface area contributed by atoms with Gasteiger partial charge in [-0.15, -0.1) is 0 Å². The van der Waals surface area contributed by atoms with Gasteiger partial charge in [-0.2, -0.15) is 0 Å². The fourth-order valence-electron chi connectivity index (χ4n) is 3.29. The van der Waals surface area contributed by atoms with Crippen LogP contribution in [0.4, 0.5) is 0 Å². The number of hydrogen-bond acceptors (Lipinski definition) is 6. The predicted molar refractivity (Wildman–Crippen MR) is 98.1 cm³/mol.